The Hall–Kier alpha value is -2.27. The van der Waals surface area contributed by atoms with E-state index in [-0.39, 0.29) is 24.4 Å². The van der Waals surface area contributed by atoms with E-state index in [4.69, 9.17) is 5.11 Å². The van der Waals surface area contributed by atoms with Gasteiger partial charge in [0.15, 0.2) is 11.6 Å². The zero-order chi connectivity index (χ0) is 19.0. The van der Waals surface area contributed by atoms with Gasteiger partial charge in [0.1, 0.15) is 16.9 Å². The van der Waals surface area contributed by atoms with Crippen LogP contribution in [-0.4, -0.2) is 32.8 Å². The lowest BCUT2D eigenvalue weighted by Crippen LogP contribution is -2.09. The number of hydrogen-bond acceptors (Lipinski definition) is 4. The van der Waals surface area contributed by atoms with Gasteiger partial charge in [-0.05, 0) is 53.3 Å². The second-order valence-electron chi connectivity index (χ2n) is 5.65. The fourth-order valence-corrected chi connectivity index (χ4v) is 3.31. The van der Waals surface area contributed by atoms with Gasteiger partial charge in [-0.3, -0.25) is 0 Å². The standard InChI is InChI=1S/C17H14F2IN3O3/c1-7-6-8(20)2-3-9(7)21-14-11(17(25)26)15-16(13(19)12(14)18)23-10(22-15)4-5-24/h2-3,6,21,24H,4-5H2,1H3,(H,22,23)(H,25,26). The molecule has 6 nitrogen and oxygen atoms in total. The number of aliphatic hydroxyl groups is 1. The lowest BCUT2D eigenvalue weighted by molar-refractivity contribution is 0.0699. The SMILES string of the molecule is Cc1cc(I)ccc1Nc1c(F)c(F)c2nc(CCO)[nH]c2c1C(=O)O. The average molecular weight is 473 g/mol. The molecule has 0 fully saturated rings. The highest BCUT2D eigenvalue weighted by Crippen LogP contribution is 2.34. The zero-order valence-electron chi connectivity index (χ0n) is 13.5. The first-order chi connectivity index (χ1) is 12.3. The number of imidazole rings is 1. The predicted octanol–water partition coefficient (Wildman–Crippen LogP) is 3.73. The van der Waals surface area contributed by atoms with Crippen molar-refractivity contribution in [3.05, 3.63) is 50.4 Å². The molecule has 0 saturated carbocycles. The number of carboxylic acid groups (broad SMARTS) is 1. The van der Waals surface area contributed by atoms with Gasteiger partial charge in [-0.25, -0.2) is 18.6 Å². The summed E-state index contributed by atoms with van der Waals surface area (Å²) < 4.78 is 30.1. The van der Waals surface area contributed by atoms with Crippen molar-refractivity contribution < 1.29 is 23.8 Å². The van der Waals surface area contributed by atoms with Crippen molar-refractivity contribution in [2.75, 3.05) is 11.9 Å². The quantitative estimate of drug-likeness (QED) is 0.424. The van der Waals surface area contributed by atoms with E-state index in [1.165, 1.54) is 0 Å². The fourth-order valence-electron chi connectivity index (χ4n) is 2.67. The van der Waals surface area contributed by atoms with Crippen LogP contribution in [0.1, 0.15) is 21.7 Å². The first kappa shape index (κ1) is 18.5. The van der Waals surface area contributed by atoms with E-state index in [1.54, 1.807) is 19.1 Å². The number of aliphatic hydroxyl groups excluding tert-OH is 1. The molecular weight excluding hydrogens is 459 g/mol. The van der Waals surface area contributed by atoms with Crippen molar-refractivity contribution in [2.45, 2.75) is 13.3 Å². The van der Waals surface area contributed by atoms with Crippen molar-refractivity contribution in [2.24, 2.45) is 0 Å². The summed E-state index contributed by atoms with van der Waals surface area (Å²) >= 11 is 2.11. The summed E-state index contributed by atoms with van der Waals surface area (Å²) in [6.45, 7) is 1.51. The van der Waals surface area contributed by atoms with Crippen molar-refractivity contribution in [3.8, 4) is 0 Å². The van der Waals surface area contributed by atoms with Gasteiger partial charge in [-0.2, -0.15) is 0 Å². The minimum absolute atomic E-state index is 0.0633. The molecule has 9 heteroatoms. The molecule has 0 aliphatic heterocycles. The second kappa shape index (κ2) is 7.16. The van der Waals surface area contributed by atoms with Crippen LogP contribution in [0.2, 0.25) is 0 Å². The van der Waals surface area contributed by atoms with Crippen LogP contribution in [0.15, 0.2) is 18.2 Å². The molecule has 2 aromatic carbocycles. The maximum absolute atomic E-state index is 14.6. The number of H-pyrrole nitrogens is 1. The number of aromatic amines is 1. The smallest absolute Gasteiger partial charge is 0.340 e. The maximum atomic E-state index is 14.6. The molecule has 0 bridgehead atoms. The molecule has 3 aromatic rings. The van der Waals surface area contributed by atoms with Crippen molar-refractivity contribution >= 4 is 51.0 Å². The van der Waals surface area contributed by atoms with Crippen molar-refractivity contribution in [1.82, 2.24) is 9.97 Å². The first-order valence-electron chi connectivity index (χ1n) is 7.60. The monoisotopic (exact) mass is 473 g/mol. The van der Waals surface area contributed by atoms with Gasteiger partial charge in [0, 0.05) is 15.7 Å². The van der Waals surface area contributed by atoms with Gasteiger partial charge in [0.2, 0.25) is 0 Å². The molecule has 0 aliphatic rings. The molecule has 1 heterocycles. The first-order valence-corrected chi connectivity index (χ1v) is 8.68. The second-order valence-corrected chi connectivity index (χ2v) is 6.89. The molecule has 26 heavy (non-hydrogen) atoms. The zero-order valence-corrected chi connectivity index (χ0v) is 15.7. The molecule has 0 amide bonds. The number of nitrogens with zero attached hydrogens (tertiary/aromatic N) is 1. The molecule has 136 valence electrons. The molecule has 0 spiro atoms. The number of benzene rings is 2. The number of aromatic carboxylic acids is 1. The van der Waals surface area contributed by atoms with Crippen molar-refractivity contribution in [1.29, 1.82) is 0 Å². The predicted molar refractivity (Wildman–Crippen MR) is 101 cm³/mol. The Bertz CT molecular complexity index is 1020. The highest BCUT2D eigenvalue weighted by Gasteiger charge is 2.27. The lowest BCUT2D eigenvalue weighted by atomic mass is 10.1. The summed E-state index contributed by atoms with van der Waals surface area (Å²) in [7, 11) is 0. The van der Waals surface area contributed by atoms with Crippen LogP contribution in [0.25, 0.3) is 11.0 Å². The summed E-state index contributed by atoms with van der Waals surface area (Å²) in [5, 5.41) is 21.3. The van der Waals surface area contributed by atoms with Gasteiger partial charge < -0.3 is 20.5 Å². The number of aryl methyl sites for hydroxylation is 1. The van der Waals surface area contributed by atoms with Crippen LogP contribution in [-0.2, 0) is 6.42 Å². The van der Waals surface area contributed by atoms with Gasteiger partial charge in [0.25, 0.3) is 0 Å². The lowest BCUT2D eigenvalue weighted by Gasteiger charge is -2.14. The molecule has 0 unspecified atom stereocenters. The van der Waals surface area contributed by atoms with E-state index in [0.29, 0.717) is 5.69 Å². The number of anilines is 2. The normalized spacial score (nSPS) is 11.1. The minimum atomic E-state index is -1.43. The van der Waals surface area contributed by atoms with E-state index in [9.17, 15) is 18.7 Å². The topological polar surface area (TPSA) is 98.2 Å². The van der Waals surface area contributed by atoms with Crippen LogP contribution < -0.4 is 5.32 Å². The van der Waals surface area contributed by atoms with Gasteiger partial charge in [-0.1, -0.05) is 0 Å². The maximum Gasteiger partial charge on any atom is 0.340 e. The number of hydrogen-bond donors (Lipinski definition) is 4. The van der Waals surface area contributed by atoms with Crippen LogP contribution >= 0.6 is 22.6 Å². The van der Waals surface area contributed by atoms with E-state index < -0.39 is 34.4 Å². The highest BCUT2D eigenvalue weighted by molar-refractivity contribution is 14.1. The Morgan fingerprint density at radius 3 is 2.69 bits per heavy atom. The van der Waals surface area contributed by atoms with Crippen LogP contribution in [0.4, 0.5) is 20.2 Å². The third kappa shape index (κ3) is 3.23. The molecule has 3 rings (SSSR count). The minimum Gasteiger partial charge on any atom is -0.478 e. The van der Waals surface area contributed by atoms with Gasteiger partial charge in [0.05, 0.1) is 17.8 Å². The van der Waals surface area contributed by atoms with Crippen LogP contribution in [0.5, 0.6) is 0 Å². The summed E-state index contributed by atoms with van der Waals surface area (Å²) in [4.78, 5) is 18.3. The fraction of sp³-hybridized carbons (Fsp3) is 0.176. The highest BCUT2D eigenvalue weighted by atomic mass is 127. The van der Waals surface area contributed by atoms with Gasteiger partial charge in [-0.15, -0.1) is 0 Å². The van der Waals surface area contributed by atoms with Crippen LogP contribution in [0.3, 0.4) is 0 Å². The Balaban J connectivity index is 2.24. The largest absolute Gasteiger partial charge is 0.478 e. The molecule has 0 saturated heterocycles. The van der Waals surface area contributed by atoms with E-state index in [2.05, 4.69) is 37.9 Å². The Kier molecular flexibility index (Phi) is 5.10. The number of rotatable bonds is 5. The molecular formula is C17H14F2IN3O3. The Morgan fingerprint density at radius 2 is 2.08 bits per heavy atom. The van der Waals surface area contributed by atoms with Crippen molar-refractivity contribution in [3.63, 3.8) is 0 Å². The summed E-state index contributed by atoms with van der Waals surface area (Å²) in [6.07, 6.45) is 0.0633. The van der Waals surface area contributed by atoms with Gasteiger partial charge >= 0.3 is 5.97 Å². The molecule has 0 aliphatic carbocycles. The Morgan fingerprint density at radius 1 is 1.35 bits per heavy atom. The van der Waals surface area contributed by atoms with E-state index in [1.807, 2.05) is 6.07 Å². The Labute approximate surface area is 160 Å². The number of halogens is 3. The summed E-state index contributed by atoms with van der Waals surface area (Å²) in [6, 6.07) is 5.25. The molecule has 0 radical (unpaired) electrons. The third-order valence-corrected chi connectivity index (χ3v) is 4.55. The summed E-state index contributed by atoms with van der Waals surface area (Å²) in [5.74, 6) is -3.84. The number of aromatic nitrogens is 2. The molecule has 0 atom stereocenters. The average Bonchev–Trinajstić information content (AvgIpc) is 2.98. The molecule has 4 N–H and O–H groups in total. The summed E-state index contributed by atoms with van der Waals surface area (Å²) in [5.41, 5.74) is -0.266. The number of carboxylic acids is 1. The molecule has 1 aromatic heterocycles. The number of carbonyl (C=O) groups is 1. The van der Waals surface area contributed by atoms with Crippen LogP contribution in [0, 0.1) is 22.1 Å². The third-order valence-electron chi connectivity index (χ3n) is 3.88. The van der Waals surface area contributed by atoms with E-state index >= 15 is 0 Å². The number of nitrogens with one attached hydrogen (secondary N) is 2. The van der Waals surface area contributed by atoms with E-state index in [0.717, 1.165) is 9.13 Å². The number of fused-ring (bicyclic) bond motifs is 1.